The Kier molecular flexibility index (Phi) is 5.29. The third-order valence-corrected chi connectivity index (χ3v) is 4.23. The number of hydrogen-bond acceptors (Lipinski definition) is 4. The van der Waals surface area contributed by atoms with E-state index in [4.69, 9.17) is 22.7 Å². The van der Waals surface area contributed by atoms with E-state index in [9.17, 15) is 13.6 Å². The van der Waals surface area contributed by atoms with E-state index in [-0.39, 0.29) is 41.3 Å². The number of halogens is 2. The summed E-state index contributed by atoms with van der Waals surface area (Å²) in [5, 5.41) is 0. The number of aromatic nitrogens is 3. The molecule has 136 valence electrons. The summed E-state index contributed by atoms with van der Waals surface area (Å²) in [5.41, 5.74) is 6.47. The molecule has 2 aromatic heterocycles. The lowest BCUT2D eigenvalue weighted by Crippen LogP contribution is -2.15. The summed E-state index contributed by atoms with van der Waals surface area (Å²) in [4.78, 5) is 17.3. The number of H-pyrrole nitrogens is 2. The van der Waals surface area contributed by atoms with Gasteiger partial charge in [0, 0.05) is 23.9 Å². The average molecular weight is 378 g/mol. The van der Waals surface area contributed by atoms with Gasteiger partial charge in [0.15, 0.2) is 16.3 Å². The first-order chi connectivity index (χ1) is 12.5. The van der Waals surface area contributed by atoms with Crippen LogP contribution >= 0.6 is 12.2 Å². The molecule has 0 aliphatic carbocycles. The molecule has 0 bridgehead atoms. The number of ether oxygens (including phenoxy) is 1. The van der Waals surface area contributed by atoms with E-state index < -0.39 is 5.82 Å². The molecule has 0 unspecified atom stereocenters. The van der Waals surface area contributed by atoms with Crippen LogP contribution in [0.15, 0.2) is 47.2 Å². The van der Waals surface area contributed by atoms with E-state index >= 15 is 0 Å². The van der Waals surface area contributed by atoms with Crippen LogP contribution in [0.2, 0.25) is 0 Å². The van der Waals surface area contributed by atoms with Crippen molar-refractivity contribution >= 4 is 23.3 Å². The van der Waals surface area contributed by atoms with E-state index in [2.05, 4.69) is 9.97 Å². The van der Waals surface area contributed by atoms with Crippen molar-refractivity contribution in [2.75, 3.05) is 13.2 Å². The molecular weight excluding hydrogens is 362 g/mol. The first-order valence-corrected chi connectivity index (χ1v) is 8.14. The number of benzene rings is 1. The number of nitrogens with two attached hydrogens (primary N) is 1. The van der Waals surface area contributed by atoms with E-state index in [1.807, 2.05) is 0 Å². The molecule has 0 aliphatic rings. The van der Waals surface area contributed by atoms with Crippen LogP contribution < -0.4 is 16.0 Å². The normalized spacial score (nSPS) is 11.9. The van der Waals surface area contributed by atoms with Crippen LogP contribution in [0.1, 0.15) is 5.56 Å². The molecule has 3 rings (SSSR count). The Hall–Kier alpha value is -2.78. The summed E-state index contributed by atoms with van der Waals surface area (Å²) in [6, 6.07) is 6.35. The number of fused-ring (bicyclic) bond motifs is 1. The Balaban J connectivity index is 1.95. The molecule has 0 saturated heterocycles. The molecule has 6 nitrogen and oxygen atoms in total. The fourth-order valence-electron chi connectivity index (χ4n) is 2.53. The van der Waals surface area contributed by atoms with E-state index in [0.717, 1.165) is 0 Å². The van der Waals surface area contributed by atoms with Crippen LogP contribution in [-0.2, 0) is 6.54 Å². The second-order valence-corrected chi connectivity index (χ2v) is 5.96. The Labute approximate surface area is 151 Å². The van der Waals surface area contributed by atoms with Crippen LogP contribution in [0.25, 0.3) is 11.0 Å². The van der Waals surface area contributed by atoms with Crippen LogP contribution in [-0.4, -0.2) is 27.7 Å². The lowest BCUT2D eigenvalue weighted by atomic mass is 10.2. The van der Waals surface area contributed by atoms with Gasteiger partial charge in [-0.05, 0) is 24.4 Å². The van der Waals surface area contributed by atoms with E-state index in [1.54, 1.807) is 29.0 Å². The fraction of sp³-hybridized carbons (Fsp3) is 0.176. The molecule has 1 aromatic carbocycles. The number of hydrogen-bond donors (Lipinski definition) is 3. The van der Waals surface area contributed by atoms with Gasteiger partial charge in [0.1, 0.15) is 12.1 Å². The zero-order valence-corrected chi connectivity index (χ0v) is 14.4. The van der Waals surface area contributed by atoms with Gasteiger partial charge in [-0.25, -0.2) is 8.78 Å². The minimum absolute atomic E-state index is 0.0171. The third kappa shape index (κ3) is 3.44. The highest BCUT2D eigenvalue weighted by Crippen LogP contribution is 2.23. The molecule has 0 spiro atoms. The molecule has 0 saturated carbocycles. The quantitative estimate of drug-likeness (QED) is 0.576. The minimum atomic E-state index is -0.584. The van der Waals surface area contributed by atoms with Crippen LogP contribution in [0.4, 0.5) is 8.78 Å². The average Bonchev–Trinajstić information content (AvgIpc) is 3.12. The maximum atomic E-state index is 14.8. The van der Waals surface area contributed by atoms with Crippen molar-refractivity contribution in [2.24, 2.45) is 5.73 Å². The van der Waals surface area contributed by atoms with Crippen molar-refractivity contribution in [3.8, 4) is 5.75 Å². The molecule has 4 N–H and O–H groups in total. The van der Waals surface area contributed by atoms with E-state index in [0.29, 0.717) is 22.9 Å². The highest BCUT2D eigenvalue weighted by molar-refractivity contribution is 7.71. The summed E-state index contributed by atoms with van der Waals surface area (Å²) in [6.45, 7) is -0.0704. The predicted molar refractivity (Wildman–Crippen MR) is 97.0 cm³/mol. The topological polar surface area (TPSA) is 88.8 Å². The van der Waals surface area contributed by atoms with Gasteiger partial charge >= 0.3 is 0 Å². The Morgan fingerprint density at radius 3 is 2.92 bits per heavy atom. The molecule has 0 aliphatic heterocycles. The van der Waals surface area contributed by atoms with Crippen molar-refractivity contribution in [2.45, 2.75) is 6.54 Å². The molecule has 0 radical (unpaired) electrons. The Morgan fingerprint density at radius 2 is 2.19 bits per heavy atom. The van der Waals surface area contributed by atoms with Gasteiger partial charge in [-0.3, -0.25) is 9.78 Å². The standard InChI is InChI=1S/C17H16F2N4O2S/c18-6-10(7-20)9-25-13-3-1-2-11(14(13)19)8-23-12-4-5-21-15(12)16(24)22-17(23)26/h1-6,21H,7-9,20H2,(H,22,24,26)/b10-6+. The number of aromatic amines is 2. The SMILES string of the molecule is NC/C(=C\F)COc1cccc(Cn2c(=S)[nH]c(=O)c3[nH]ccc32)c1F. The number of nitrogens with zero attached hydrogens (tertiary/aromatic N) is 1. The van der Waals surface area contributed by atoms with Crippen LogP contribution in [0, 0.1) is 10.6 Å². The monoisotopic (exact) mass is 378 g/mol. The van der Waals surface area contributed by atoms with Gasteiger partial charge in [-0.1, -0.05) is 12.1 Å². The Bertz CT molecular complexity index is 1080. The summed E-state index contributed by atoms with van der Waals surface area (Å²) < 4.78 is 34.4. The van der Waals surface area contributed by atoms with Crippen molar-refractivity contribution in [3.05, 3.63) is 68.9 Å². The number of nitrogens with one attached hydrogen (secondary N) is 2. The first kappa shape index (κ1) is 18.0. The molecular formula is C17H16F2N4O2S. The zero-order valence-electron chi connectivity index (χ0n) is 13.6. The first-order valence-electron chi connectivity index (χ1n) is 7.73. The summed E-state index contributed by atoms with van der Waals surface area (Å²) in [5.74, 6) is -0.601. The highest BCUT2D eigenvalue weighted by atomic mass is 32.1. The van der Waals surface area contributed by atoms with Crippen molar-refractivity contribution < 1.29 is 13.5 Å². The molecule has 26 heavy (non-hydrogen) atoms. The van der Waals surface area contributed by atoms with Crippen molar-refractivity contribution in [1.29, 1.82) is 0 Å². The van der Waals surface area contributed by atoms with Gasteiger partial charge in [-0.2, -0.15) is 0 Å². The van der Waals surface area contributed by atoms with Gasteiger partial charge in [0.2, 0.25) is 0 Å². The molecule has 3 aromatic rings. The van der Waals surface area contributed by atoms with Gasteiger partial charge in [0.25, 0.3) is 5.56 Å². The predicted octanol–water partition coefficient (Wildman–Crippen LogP) is 2.77. The maximum Gasteiger partial charge on any atom is 0.276 e. The minimum Gasteiger partial charge on any atom is -0.486 e. The van der Waals surface area contributed by atoms with Crippen molar-refractivity contribution in [1.82, 2.24) is 14.5 Å². The largest absolute Gasteiger partial charge is 0.486 e. The maximum absolute atomic E-state index is 14.8. The van der Waals surface area contributed by atoms with Crippen molar-refractivity contribution in [3.63, 3.8) is 0 Å². The van der Waals surface area contributed by atoms with Gasteiger partial charge < -0.3 is 20.0 Å². The second kappa shape index (κ2) is 7.63. The second-order valence-electron chi connectivity index (χ2n) is 5.57. The van der Waals surface area contributed by atoms with E-state index in [1.165, 1.54) is 6.07 Å². The van der Waals surface area contributed by atoms with Gasteiger partial charge in [-0.15, -0.1) is 0 Å². The zero-order chi connectivity index (χ0) is 18.7. The fourth-order valence-corrected chi connectivity index (χ4v) is 2.78. The van der Waals surface area contributed by atoms with Crippen LogP contribution in [0.3, 0.4) is 0 Å². The van der Waals surface area contributed by atoms with Gasteiger partial charge in [0.05, 0.1) is 18.4 Å². The Morgan fingerprint density at radius 1 is 1.38 bits per heavy atom. The smallest absolute Gasteiger partial charge is 0.276 e. The molecule has 9 heteroatoms. The summed E-state index contributed by atoms with van der Waals surface area (Å²) >= 11 is 5.20. The third-order valence-electron chi connectivity index (χ3n) is 3.91. The lowest BCUT2D eigenvalue weighted by Gasteiger charge is -2.13. The molecule has 0 amide bonds. The molecule has 0 atom stereocenters. The summed E-state index contributed by atoms with van der Waals surface area (Å²) in [7, 11) is 0. The summed E-state index contributed by atoms with van der Waals surface area (Å²) in [6.07, 6.45) is 1.96. The van der Waals surface area contributed by atoms with Crippen LogP contribution in [0.5, 0.6) is 5.75 Å². The molecule has 2 heterocycles. The molecule has 0 fully saturated rings. The number of rotatable bonds is 6. The highest BCUT2D eigenvalue weighted by Gasteiger charge is 2.13. The lowest BCUT2D eigenvalue weighted by molar-refractivity contribution is 0.327.